The Balaban J connectivity index is 2.53. The zero-order chi connectivity index (χ0) is 8.97. The maximum absolute atomic E-state index is 9.22. The van der Waals surface area contributed by atoms with E-state index in [0.29, 0.717) is 0 Å². The molecule has 2 atom stereocenters. The van der Waals surface area contributed by atoms with Crippen LogP contribution in [0.4, 0.5) is 5.69 Å². The number of hydrogen-bond acceptors (Lipinski definition) is 2. The first-order valence-corrected chi connectivity index (χ1v) is 4.20. The molecule has 1 rings (SSSR count). The lowest BCUT2D eigenvalue weighted by atomic mass is 10.2. The predicted octanol–water partition coefficient (Wildman–Crippen LogP) is 1.87. The molecule has 0 saturated heterocycles. The van der Waals surface area contributed by atoms with Crippen LogP contribution in [0.3, 0.4) is 0 Å². The number of hydrogen-bond donors (Lipinski definition) is 2. The molecule has 0 unspecified atom stereocenters. The summed E-state index contributed by atoms with van der Waals surface area (Å²) in [6, 6.07) is 9.97. The Morgan fingerprint density at radius 3 is 2.25 bits per heavy atom. The fourth-order valence-corrected chi connectivity index (χ4v) is 0.918. The van der Waals surface area contributed by atoms with E-state index in [9.17, 15) is 5.11 Å². The molecule has 0 heterocycles. The Kier molecular flexibility index (Phi) is 3.11. The molecule has 0 aliphatic carbocycles. The molecule has 2 nitrogen and oxygen atoms in total. The average molecular weight is 165 g/mol. The molecule has 0 fully saturated rings. The number of benzene rings is 1. The highest BCUT2D eigenvalue weighted by atomic mass is 16.3. The van der Waals surface area contributed by atoms with Crippen molar-refractivity contribution in [2.45, 2.75) is 26.0 Å². The lowest BCUT2D eigenvalue weighted by Crippen LogP contribution is -2.27. The van der Waals surface area contributed by atoms with Crippen LogP contribution < -0.4 is 5.32 Å². The van der Waals surface area contributed by atoms with Crippen molar-refractivity contribution in [2.75, 3.05) is 5.32 Å². The largest absolute Gasteiger partial charge is 0.391 e. The van der Waals surface area contributed by atoms with Gasteiger partial charge in [0.2, 0.25) is 0 Å². The van der Waals surface area contributed by atoms with Crippen LogP contribution in [0.1, 0.15) is 13.8 Å². The molecule has 2 heteroatoms. The monoisotopic (exact) mass is 165 g/mol. The summed E-state index contributed by atoms with van der Waals surface area (Å²) < 4.78 is 0. The second-order valence-electron chi connectivity index (χ2n) is 3.04. The van der Waals surface area contributed by atoms with E-state index in [0.717, 1.165) is 5.69 Å². The lowest BCUT2D eigenvalue weighted by molar-refractivity contribution is 0.178. The molecule has 0 spiro atoms. The van der Waals surface area contributed by atoms with Gasteiger partial charge in [0.05, 0.1) is 6.10 Å². The Hall–Kier alpha value is -1.02. The van der Waals surface area contributed by atoms with Crippen LogP contribution in [0.2, 0.25) is 0 Å². The van der Waals surface area contributed by atoms with Crippen molar-refractivity contribution < 1.29 is 5.11 Å². The second kappa shape index (κ2) is 4.12. The number of para-hydroxylation sites is 1. The molecule has 0 aromatic heterocycles. The Morgan fingerprint density at radius 2 is 1.75 bits per heavy atom. The minimum absolute atomic E-state index is 0.0902. The van der Waals surface area contributed by atoms with Gasteiger partial charge in [-0.2, -0.15) is 0 Å². The summed E-state index contributed by atoms with van der Waals surface area (Å²) in [5, 5.41) is 12.4. The summed E-state index contributed by atoms with van der Waals surface area (Å²) in [4.78, 5) is 0. The molecule has 0 bridgehead atoms. The van der Waals surface area contributed by atoms with Crippen LogP contribution in [0.5, 0.6) is 0 Å². The summed E-state index contributed by atoms with van der Waals surface area (Å²) >= 11 is 0. The van der Waals surface area contributed by atoms with E-state index in [4.69, 9.17) is 0 Å². The zero-order valence-corrected chi connectivity index (χ0v) is 7.49. The molecular formula is C10H15NO. The summed E-state index contributed by atoms with van der Waals surface area (Å²) in [6.45, 7) is 3.73. The van der Waals surface area contributed by atoms with Crippen LogP contribution >= 0.6 is 0 Å². The average Bonchev–Trinajstić information content (AvgIpc) is 2.06. The van der Waals surface area contributed by atoms with E-state index < -0.39 is 0 Å². The van der Waals surface area contributed by atoms with Gasteiger partial charge in [-0.3, -0.25) is 0 Å². The smallest absolute Gasteiger partial charge is 0.0710 e. The van der Waals surface area contributed by atoms with Crippen molar-refractivity contribution in [3.8, 4) is 0 Å². The van der Waals surface area contributed by atoms with Crippen molar-refractivity contribution >= 4 is 5.69 Å². The van der Waals surface area contributed by atoms with E-state index in [1.165, 1.54) is 0 Å². The van der Waals surface area contributed by atoms with Gasteiger partial charge in [0.25, 0.3) is 0 Å². The maximum atomic E-state index is 9.22. The van der Waals surface area contributed by atoms with Crippen LogP contribution in [0.15, 0.2) is 30.3 Å². The highest BCUT2D eigenvalue weighted by Gasteiger charge is 2.06. The minimum atomic E-state index is -0.329. The van der Waals surface area contributed by atoms with E-state index in [2.05, 4.69) is 5.32 Å². The molecule has 0 radical (unpaired) electrons. The second-order valence-corrected chi connectivity index (χ2v) is 3.04. The van der Waals surface area contributed by atoms with Gasteiger partial charge in [-0.25, -0.2) is 0 Å². The quantitative estimate of drug-likeness (QED) is 0.716. The third-order valence-corrected chi connectivity index (χ3v) is 1.89. The zero-order valence-electron chi connectivity index (χ0n) is 7.49. The highest BCUT2D eigenvalue weighted by Crippen LogP contribution is 2.08. The predicted molar refractivity (Wildman–Crippen MR) is 51.2 cm³/mol. The van der Waals surface area contributed by atoms with Crippen molar-refractivity contribution in [1.29, 1.82) is 0 Å². The maximum Gasteiger partial charge on any atom is 0.0710 e. The number of aliphatic hydroxyl groups excluding tert-OH is 1. The minimum Gasteiger partial charge on any atom is -0.391 e. The molecule has 0 aliphatic heterocycles. The third kappa shape index (κ3) is 2.55. The molecule has 1 aromatic carbocycles. The summed E-state index contributed by atoms with van der Waals surface area (Å²) in [5.41, 5.74) is 1.05. The molecule has 12 heavy (non-hydrogen) atoms. The van der Waals surface area contributed by atoms with Crippen LogP contribution in [-0.4, -0.2) is 17.3 Å². The van der Waals surface area contributed by atoms with Gasteiger partial charge in [-0.1, -0.05) is 18.2 Å². The van der Waals surface area contributed by atoms with Crippen molar-refractivity contribution in [1.82, 2.24) is 0 Å². The van der Waals surface area contributed by atoms with Crippen molar-refractivity contribution in [2.24, 2.45) is 0 Å². The summed E-state index contributed by atoms with van der Waals surface area (Å²) in [5.74, 6) is 0. The summed E-state index contributed by atoms with van der Waals surface area (Å²) in [7, 11) is 0. The highest BCUT2D eigenvalue weighted by molar-refractivity contribution is 5.43. The van der Waals surface area contributed by atoms with Crippen LogP contribution in [0, 0.1) is 0 Å². The fraction of sp³-hybridized carbons (Fsp3) is 0.400. The van der Waals surface area contributed by atoms with E-state index in [-0.39, 0.29) is 12.1 Å². The van der Waals surface area contributed by atoms with Gasteiger partial charge in [0.15, 0.2) is 0 Å². The van der Waals surface area contributed by atoms with Crippen LogP contribution in [0.25, 0.3) is 0 Å². The molecule has 0 saturated carbocycles. The topological polar surface area (TPSA) is 32.3 Å². The number of rotatable bonds is 3. The van der Waals surface area contributed by atoms with Gasteiger partial charge in [0.1, 0.15) is 0 Å². The molecule has 0 amide bonds. The third-order valence-electron chi connectivity index (χ3n) is 1.89. The number of aliphatic hydroxyl groups is 1. The van der Waals surface area contributed by atoms with E-state index in [1.807, 2.05) is 37.3 Å². The van der Waals surface area contributed by atoms with Crippen molar-refractivity contribution in [3.05, 3.63) is 30.3 Å². The van der Waals surface area contributed by atoms with Gasteiger partial charge >= 0.3 is 0 Å². The van der Waals surface area contributed by atoms with Gasteiger partial charge in [0, 0.05) is 11.7 Å². The Labute approximate surface area is 73.2 Å². The summed E-state index contributed by atoms with van der Waals surface area (Å²) in [6.07, 6.45) is -0.329. The normalized spacial score (nSPS) is 15.2. The van der Waals surface area contributed by atoms with E-state index >= 15 is 0 Å². The van der Waals surface area contributed by atoms with Gasteiger partial charge < -0.3 is 10.4 Å². The standard InChI is InChI=1S/C10H15NO/c1-8(9(2)12)11-10-6-4-3-5-7-10/h3-9,11-12H,1-2H3/t8-,9+/m1/s1. The number of nitrogens with one attached hydrogen (secondary N) is 1. The first-order chi connectivity index (χ1) is 5.70. The molecular weight excluding hydrogens is 150 g/mol. The molecule has 2 N–H and O–H groups in total. The molecule has 0 aliphatic rings. The Morgan fingerprint density at radius 1 is 1.17 bits per heavy atom. The van der Waals surface area contributed by atoms with Gasteiger partial charge in [-0.15, -0.1) is 0 Å². The molecule has 66 valence electrons. The SMILES string of the molecule is C[C@H](O)[C@@H](C)Nc1ccccc1. The molecule has 1 aromatic rings. The van der Waals surface area contributed by atoms with E-state index in [1.54, 1.807) is 6.92 Å². The lowest BCUT2D eigenvalue weighted by Gasteiger charge is -2.17. The number of anilines is 1. The van der Waals surface area contributed by atoms with Crippen LogP contribution in [-0.2, 0) is 0 Å². The van der Waals surface area contributed by atoms with Crippen molar-refractivity contribution in [3.63, 3.8) is 0 Å². The first-order valence-electron chi connectivity index (χ1n) is 4.20. The van der Waals surface area contributed by atoms with Gasteiger partial charge in [-0.05, 0) is 26.0 Å². The fourth-order valence-electron chi connectivity index (χ4n) is 0.918. The first kappa shape index (κ1) is 9.07. The Bertz CT molecular complexity index is 221.